The lowest BCUT2D eigenvalue weighted by molar-refractivity contribution is -0.140. The SMILES string of the molecule is CC(=O)NC(CS(=O)(=O)CCOCCC(C)C)C(=O)O. The van der Waals surface area contributed by atoms with Crippen molar-refractivity contribution in [2.45, 2.75) is 33.2 Å². The third-order valence-electron chi connectivity index (χ3n) is 2.47. The standard InChI is InChI=1S/C12H23NO6S/c1-9(2)4-5-19-6-7-20(17,18)8-11(12(15)16)13-10(3)14/h9,11H,4-8H2,1-3H3,(H,13,14)(H,15,16). The molecule has 0 radical (unpaired) electrons. The number of carboxylic acids is 1. The van der Waals surface area contributed by atoms with Gasteiger partial charge in [0.2, 0.25) is 5.91 Å². The Morgan fingerprint density at radius 1 is 1.25 bits per heavy atom. The number of amides is 1. The van der Waals surface area contributed by atoms with E-state index in [2.05, 4.69) is 5.32 Å². The Morgan fingerprint density at radius 2 is 1.85 bits per heavy atom. The summed E-state index contributed by atoms with van der Waals surface area (Å²) < 4.78 is 28.6. The molecular weight excluding hydrogens is 286 g/mol. The highest BCUT2D eigenvalue weighted by Crippen LogP contribution is 2.00. The van der Waals surface area contributed by atoms with Gasteiger partial charge in [-0.1, -0.05) is 13.8 Å². The first-order chi connectivity index (χ1) is 9.14. The largest absolute Gasteiger partial charge is 0.480 e. The van der Waals surface area contributed by atoms with Gasteiger partial charge in [0, 0.05) is 13.5 Å². The van der Waals surface area contributed by atoms with Gasteiger partial charge in [0.15, 0.2) is 9.84 Å². The van der Waals surface area contributed by atoms with E-state index in [1.165, 1.54) is 0 Å². The van der Waals surface area contributed by atoms with E-state index in [0.29, 0.717) is 12.5 Å². The molecule has 7 nitrogen and oxygen atoms in total. The van der Waals surface area contributed by atoms with Gasteiger partial charge in [0.05, 0.1) is 18.1 Å². The van der Waals surface area contributed by atoms with Crippen molar-refractivity contribution in [2.24, 2.45) is 5.92 Å². The van der Waals surface area contributed by atoms with E-state index in [0.717, 1.165) is 13.3 Å². The van der Waals surface area contributed by atoms with Gasteiger partial charge in [-0.15, -0.1) is 0 Å². The maximum absolute atomic E-state index is 11.7. The first kappa shape index (κ1) is 18.9. The van der Waals surface area contributed by atoms with Crippen molar-refractivity contribution in [2.75, 3.05) is 24.7 Å². The van der Waals surface area contributed by atoms with Gasteiger partial charge in [-0.3, -0.25) is 4.79 Å². The van der Waals surface area contributed by atoms with Crippen LogP contribution in [0.25, 0.3) is 0 Å². The molecule has 0 aliphatic heterocycles. The van der Waals surface area contributed by atoms with E-state index < -0.39 is 33.5 Å². The first-order valence-electron chi connectivity index (χ1n) is 6.42. The molecule has 1 amide bonds. The topological polar surface area (TPSA) is 110 Å². The highest BCUT2D eigenvalue weighted by Gasteiger charge is 2.25. The fourth-order valence-electron chi connectivity index (χ4n) is 1.36. The quantitative estimate of drug-likeness (QED) is 0.552. The predicted molar refractivity (Wildman–Crippen MR) is 74.2 cm³/mol. The van der Waals surface area contributed by atoms with Crippen LogP contribution in [-0.2, 0) is 24.2 Å². The Bertz CT molecular complexity index is 418. The van der Waals surface area contributed by atoms with Crippen molar-refractivity contribution in [3.05, 3.63) is 0 Å². The zero-order valence-electron chi connectivity index (χ0n) is 12.1. The highest BCUT2D eigenvalue weighted by molar-refractivity contribution is 7.91. The van der Waals surface area contributed by atoms with Crippen molar-refractivity contribution in [1.29, 1.82) is 0 Å². The van der Waals surface area contributed by atoms with Crippen LogP contribution in [0.4, 0.5) is 0 Å². The summed E-state index contributed by atoms with van der Waals surface area (Å²) in [6.45, 7) is 5.70. The molecule has 0 aliphatic rings. The molecule has 0 spiro atoms. The molecule has 0 aromatic carbocycles. The van der Waals surface area contributed by atoms with E-state index in [4.69, 9.17) is 9.84 Å². The van der Waals surface area contributed by atoms with E-state index in [-0.39, 0.29) is 12.4 Å². The molecular formula is C12H23NO6S. The van der Waals surface area contributed by atoms with E-state index in [1.807, 2.05) is 13.8 Å². The molecule has 20 heavy (non-hydrogen) atoms. The molecule has 2 N–H and O–H groups in total. The zero-order valence-corrected chi connectivity index (χ0v) is 12.9. The number of ether oxygens (including phenoxy) is 1. The Morgan fingerprint density at radius 3 is 2.30 bits per heavy atom. The van der Waals surface area contributed by atoms with E-state index in [1.54, 1.807) is 0 Å². The number of nitrogens with one attached hydrogen (secondary N) is 1. The first-order valence-corrected chi connectivity index (χ1v) is 8.24. The van der Waals surface area contributed by atoms with Crippen molar-refractivity contribution in [1.82, 2.24) is 5.32 Å². The van der Waals surface area contributed by atoms with Gasteiger partial charge in [-0.25, -0.2) is 13.2 Å². The third kappa shape index (κ3) is 9.74. The monoisotopic (exact) mass is 309 g/mol. The predicted octanol–water partition coefficient (Wildman–Crippen LogP) is 0.0532. The summed E-state index contributed by atoms with van der Waals surface area (Å²) in [5.41, 5.74) is 0. The smallest absolute Gasteiger partial charge is 0.327 e. The Labute approximate surface area is 119 Å². The van der Waals surface area contributed by atoms with Crippen molar-refractivity contribution < 1.29 is 27.9 Å². The van der Waals surface area contributed by atoms with Crippen LogP contribution in [0.15, 0.2) is 0 Å². The van der Waals surface area contributed by atoms with Gasteiger partial charge in [0.1, 0.15) is 6.04 Å². The third-order valence-corrected chi connectivity index (χ3v) is 4.10. The molecule has 1 atom stereocenters. The van der Waals surface area contributed by atoms with Crippen molar-refractivity contribution in [3.63, 3.8) is 0 Å². The van der Waals surface area contributed by atoms with Gasteiger partial charge in [-0.2, -0.15) is 0 Å². The second-order valence-corrected chi connectivity index (χ2v) is 7.23. The van der Waals surface area contributed by atoms with Crippen LogP contribution in [0, 0.1) is 5.92 Å². The van der Waals surface area contributed by atoms with Crippen LogP contribution < -0.4 is 5.32 Å². The number of carbonyl (C=O) groups excluding carboxylic acids is 1. The minimum atomic E-state index is -3.59. The number of hydrogen-bond acceptors (Lipinski definition) is 5. The Hall–Kier alpha value is -1.15. The maximum atomic E-state index is 11.7. The Kier molecular flexibility index (Phi) is 8.40. The van der Waals surface area contributed by atoms with Crippen LogP contribution in [0.1, 0.15) is 27.2 Å². The number of carbonyl (C=O) groups is 2. The number of carboxylic acid groups (broad SMARTS) is 1. The molecule has 0 heterocycles. The highest BCUT2D eigenvalue weighted by atomic mass is 32.2. The summed E-state index contributed by atoms with van der Waals surface area (Å²) in [5.74, 6) is -2.36. The summed E-state index contributed by atoms with van der Waals surface area (Å²) in [4.78, 5) is 21.7. The van der Waals surface area contributed by atoms with E-state index >= 15 is 0 Å². The Balaban J connectivity index is 4.21. The summed E-state index contributed by atoms with van der Waals surface area (Å²) in [7, 11) is -3.59. The molecule has 0 rings (SSSR count). The van der Waals surface area contributed by atoms with Crippen molar-refractivity contribution in [3.8, 4) is 0 Å². The summed E-state index contributed by atoms with van der Waals surface area (Å²) in [6.07, 6.45) is 0.837. The maximum Gasteiger partial charge on any atom is 0.327 e. The van der Waals surface area contributed by atoms with Crippen molar-refractivity contribution >= 4 is 21.7 Å². The van der Waals surface area contributed by atoms with Crippen LogP contribution >= 0.6 is 0 Å². The lowest BCUT2D eigenvalue weighted by Gasteiger charge is -2.13. The lowest BCUT2D eigenvalue weighted by Crippen LogP contribution is -2.45. The number of sulfone groups is 1. The minimum Gasteiger partial charge on any atom is -0.480 e. The number of aliphatic carboxylic acids is 1. The van der Waals surface area contributed by atoms with Gasteiger partial charge in [-0.05, 0) is 12.3 Å². The second-order valence-electron chi connectivity index (χ2n) is 5.00. The minimum absolute atomic E-state index is 0.0292. The molecule has 0 aliphatic carbocycles. The summed E-state index contributed by atoms with van der Waals surface area (Å²) in [5, 5.41) is 10.9. The van der Waals surface area contributed by atoms with Gasteiger partial charge in [0.25, 0.3) is 0 Å². The lowest BCUT2D eigenvalue weighted by atomic mass is 10.1. The normalized spacial score (nSPS) is 13.2. The van der Waals surface area contributed by atoms with Crippen LogP contribution in [-0.4, -0.2) is 56.2 Å². The summed E-state index contributed by atoms with van der Waals surface area (Å²) in [6, 6.07) is -1.42. The average molecular weight is 309 g/mol. The van der Waals surface area contributed by atoms with E-state index in [9.17, 15) is 18.0 Å². The number of rotatable bonds is 10. The fourth-order valence-corrected chi connectivity index (χ4v) is 2.64. The average Bonchev–Trinajstić information content (AvgIpc) is 2.25. The van der Waals surface area contributed by atoms with Crippen LogP contribution in [0.5, 0.6) is 0 Å². The zero-order chi connectivity index (χ0) is 15.8. The molecule has 0 bridgehead atoms. The molecule has 0 aromatic heterocycles. The molecule has 0 aromatic rings. The number of hydrogen-bond donors (Lipinski definition) is 2. The van der Waals surface area contributed by atoms with Gasteiger partial charge >= 0.3 is 5.97 Å². The molecule has 1 unspecified atom stereocenters. The fraction of sp³-hybridized carbons (Fsp3) is 0.833. The van der Waals surface area contributed by atoms with Crippen LogP contribution in [0.3, 0.4) is 0 Å². The summed E-state index contributed by atoms with van der Waals surface area (Å²) >= 11 is 0. The van der Waals surface area contributed by atoms with Crippen LogP contribution in [0.2, 0.25) is 0 Å². The molecule has 0 fully saturated rings. The molecule has 118 valence electrons. The molecule has 8 heteroatoms. The molecule has 0 saturated carbocycles. The second kappa shape index (κ2) is 8.91. The van der Waals surface area contributed by atoms with Gasteiger partial charge < -0.3 is 15.2 Å². The molecule has 0 saturated heterocycles.